The largest absolute Gasteiger partial charge is 0.573 e. The van der Waals surface area contributed by atoms with Gasteiger partial charge in [0.25, 0.3) is 0 Å². The summed E-state index contributed by atoms with van der Waals surface area (Å²) in [4.78, 5) is 24.1. The van der Waals surface area contributed by atoms with Crippen LogP contribution >= 0.6 is 11.8 Å². The number of hydrogen-bond acceptors (Lipinski definition) is 5. The third kappa shape index (κ3) is 7.69. The number of benzene rings is 3. The van der Waals surface area contributed by atoms with E-state index in [1.807, 2.05) is 56.9 Å². The first-order valence-corrected chi connectivity index (χ1v) is 15.7. The van der Waals surface area contributed by atoms with Crippen molar-refractivity contribution in [3.8, 4) is 22.8 Å². The molecule has 46 heavy (non-hydrogen) atoms. The first-order valence-electron chi connectivity index (χ1n) is 14.7. The highest BCUT2D eigenvalue weighted by molar-refractivity contribution is 8.14. The van der Waals surface area contributed by atoms with Crippen LogP contribution in [0.5, 0.6) is 5.75 Å². The third-order valence-corrected chi connectivity index (χ3v) is 8.58. The van der Waals surface area contributed by atoms with E-state index in [0.29, 0.717) is 22.2 Å². The number of rotatable bonds is 7. The molecule has 1 aliphatic heterocycles. The second kappa shape index (κ2) is 13.1. The lowest BCUT2D eigenvalue weighted by Crippen LogP contribution is -2.44. The lowest BCUT2D eigenvalue weighted by atomic mass is 9.93. The smallest absolute Gasteiger partial charge is 0.406 e. The number of nitrogens with zero attached hydrogens (tertiary/aromatic N) is 5. The van der Waals surface area contributed by atoms with Crippen molar-refractivity contribution in [2.45, 2.75) is 64.9 Å². The van der Waals surface area contributed by atoms with Gasteiger partial charge in [0.05, 0.1) is 11.2 Å². The van der Waals surface area contributed by atoms with Crippen LogP contribution in [0.2, 0.25) is 0 Å². The Labute approximate surface area is 268 Å². The van der Waals surface area contributed by atoms with Gasteiger partial charge in [0.2, 0.25) is 0 Å². The molecule has 1 fully saturated rings. The van der Waals surface area contributed by atoms with Crippen molar-refractivity contribution < 1.29 is 27.1 Å². The fraction of sp³-hybridized carbons (Fsp3) is 0.333. The zero-order valence-electron chi connectivity index (χ0n) is 26.0. The number of thioether (sulfide) groups is 1. The van der Waals surface area contributed by atoms with Crippen molar-refractivity contribution in [3.63, 3.8) is 0 Å². The Balaban J connectivity index is 1.29. The Bertz CT molecular complexity index is 1720. The molecule has 0 radical (unpaired) electrons. The van der Waals surface area contributed by atoms with E-state index in [1.165, 1.54) is 53.1 Å². The van der Waals surface area contributed by atoms with Gasteiger partial charge in [-0.25, -0.2) is 18.9 Å². The second-order valence-electron chi connectivity index (χ2n) is 11.8. The number of amidine groups is 1. The molecule has 4 aromatic rings. The van der Waals surface area contributed by atoms with Crippen LogP contribution in [0, 0.1) is 5.82 Å². The van der Waals surface area contributed by atoms with E-state index in [4.69, 9.17) is 0 Å². The van der Waals surface area contributed by atoms with Crippen LogP contribution in [0.25, 0.3) is 17.1 Å². The summed E-state index contributed by atoms with van der Waals surface area (Å²) >= 11 is 1.50. The van der Waals surface area contributed by atoms with E-state index in [1.54, 1.807) is 12.1 Å². The molecule has 5 rings (SSSR count). The highest BCUT2D eigenvalue weighted by Crippen LogP contribution is 2.35. The van der Waals surface area contributed by atoms with Crippen molar-refractivity contribution in [1.82, 2.24) is 20.1 Å². The second-order valence-corrected chi connectivity index (χ2v) is 12.9. The van der Waals surface area contributed by atoms with E-state index < -0.39 is 17.9 Å². The fourth-order valence-electron chi connectivity index (χ4n) is 5.15. The lowest BCUT2D eigenvalue weighted by Gasteiger charge is -2.37. The maximum Gasteiger partial charge on any atom is 0.573 e. The van der Waals surface area contributed by atoms with Crippen LogP contribution in [0.15, 0.2) is 78.0 Å². The normalized spacial score (nSPS) is 16.6. The number of aromatic nitrogens is 3. The molecule has 1 saturated heterocycles. The topological polar surface area (TPSA) is 84.6 Å². The Hall–Kier alpha value is -4.39. The van der Waals surface area contributed by atoms with Gasteiger partial charge in [0.15, 0.2) is 11.0 Å². The van der Waals surface area contributed by atoms with E-state index in [-0.39, 0.29) is 23.5 Å². The van der Waals surface area contributed by atoms with Crippen LogP contribution in [0.4, 0.5) is 28.0 Å². The number of hydrogen-bond donors (Lipinski definition) is 1. The van der Waals surface area contributed by atoms with Gasteiger partial charge in [-0.1, -0.05) is 49.9 Å². The number of carbonyl (C=O) groups excluding carboxylic acids is 1. The maximum atomic E-state index is 14.1. The number of halogens is 4. The Morgan fingerprint density at radius 2 is 1.76 bits per heavy atom. The summed E-state index contributed by atoms with van der Waals surface area (Å²) in [5.74, 6) is 0.686. The van der Waals surface area contributed by atoms with Gasteiger partial charge in [0, 0.05) is 23.0 Å². The number of anilines is 1. The fourth-order valence-corrected chi connectivity index (χ4v) is 6.36. The molecule has 13 heteroatoms. The van der Waals surface area contributed by atoms with Gasteiger partial charge in [-0.15, -0.1) is 18.3 Å². The average molecular weight is 655 g/mol. The van der Waals surface area contributed by atoms with Crippen LogP contribution in [-0.2, 0) is 5.54 Å². The molecule has 1 aliphatic rings. The minimum absolute atomic E-state index is 0.0798. The monoisotopic (exact) mass is 654 g/mol. The van der Waals surface area contributed by atoms with Crippen molar-refractivity contribution >= 4 is 28.6 Å². The minimum Gasteiger partial charge on any atom is -0.406 e. The van der Waals surface area contributed by atoms with Gasteiger partial charge < -0.3 is 15.0 Å². The molecular formula is C33H34F4N6O2S. The van der Waals surface area contributed by atoms with Crippen molar-refractivity contribution in [2.75, 3.05) is 10.7 Å². The number of aliphatic imine (C=N–C) groups is 1. The summed E-state index contributed by atoms with van der Waals surface area (Å²) in [6, 6.07) is 17.0. The Kier molecular flexibility index (Phi) is 9.43. The van der Waals surface area contributed by atoms with Crippen LogP contribution in [0.1, 0.15) is 58.1 Å². The molecule has 2 heterocycles. The van der Waals surface area contributed by atoms with Crippen molar-refractivity contribution in [1.29, 1.82) is 0 Å². The zero-order valence-corrected chi connectivity index (χ0v) is 26.8. The number of carbonyl (C=O) groups is 1. The van der Waals surface area contributed by atoms with Gasteiger partial charge in [-0.2, -0.15) is 4.99 Å². The van der Waals surface area contributed by atoms with E-state index in [0.717, 1.165) is 29.0 Å². The number of alkyl halides is 3. The summed E-state index contributed by atoms with van der Waals surface area (Å²) in [5.41, 5.74) is 2.98. The van der Waals surface area contributed by atoms with Gasteiger partial charge in [0.1, 0.15) is 17.9 Å². The molecule has 2 amide bonds. The minimum atomic E-state index is -4.77. The molecule has 1 atom stereocenters. The molecule has 1 aromatic heterocycles. The Morgan fingerprint density at radius 3 is 2.41 bits per heavy atom. The van der Waals surface area contributed by atoms with Crippen molar-refractivity contribution in [3.05, 3.63) is 90.0 Å². The number of nitrogens with one attached hydrogen (secondary N) is 1. The van der Waals surface area contributed by atoms with Gasteiger partial charge in [-0.05, 0) is 86.7 Å². The molecular weight excluding hydrogens is 620 g/mol. The van der Waals surface area contributed by atoms with E-state index >= 15 is 0 Å². The quantitative estimate of drug-likeness (QED) is 0.202. The first-order chi connectivity index (χ1) is 21.7. The zero-order chi connectivity index (χ0) is 33.2. The summed E-state index contributed by atoms with van der Waals surface area (Å²) < 4.78 is 56.9. The SMILES string of the molecule is CC(C)c1cc(F)ccc1N1C(=NC(=O)NC(C)(C)c2ccc(-c3ncn(-c4ccc(OC(F)(F)F)cc4)n3)cc2)SCCC1C. The highest BCUT2D eigenvalue weighted by atomic mass is 32.2. The maximum absolute atomic E-state index is 14.1. The number of urea groups is 1. The van der Waals surface area contributed by atoms with Crippen LogP contribution in [-0.4, -0.2) is 44.1 Å². The highest BCUT2D eigenvalue weighted by Gasteiger charge is 2.32. The van der Waals surface area contributed by atoms with Crippen molar-refractivity contribution in [2.24, 2.45) is 4.99 Å². The lowest BCUT2D eigenvalue weighted by molar-refractivity contribution is -0.274. The number of ether oxygens (including phenoxy) is 1. The molecule has 3 aromatic carbocycles. The van der Waals surface area contributed by atoms with Crippen LogP contribution < -0.4 is 15.0 Å². The van der Waals surface area contributed by atoms with E-state index in [9.17, 15) is 22.4 Å². The molecule has 8 nitrogen and oxygen atoms in total. The summed E-state index contributed by atoms with van der Waals surface area (Å²) in [7, 11) is 0. The molecule has 0 spiro atoms. The van der Waals surface area contributed by atoms with Gasteiger partial charge in [-0.3, -0.25) is 0 Å². The molecule has 0 saturated carbocycles. The van der Waals surface area contributed by atoms with Gasteiger partial charge >= 0.3 is 12.4 Å². The molecule has 242 valence electrons. The number of amides is 2. The summed E-state index contributed by atoms with van der Waals surface area (Å²) in [5, 5.41) is 8.03. The predicted octanol–water partition coefficient (Wildman–Crippen LogP) is 8.43. The summed E-state index contributed by atoms with van der Waals surface area (Å²) in [6.07, 6.45) is -2.40. The molecule has 1 unspecified atom stereocenters. The standard InChI is InChI=1S/C33H34F4N6O2S/c1-20(2)27-18-24(34)10-15-28(27)43-21(3)16-17-46-31(43)39-30(44)40-32(4,5)23-8-6-22(7-9-23)29-38-19-42(41-29)25-11-13-26(14-12-25)45-33(35,36)37/h6-15,18-21H,16-17H2,1-5H3,(H,40,44). The molecule has 1 N–H and O–H groups in total. The Morgan fingerprint density at radius 1 is 1.07 bits per heavy atom. The van der Waals surface area contributed by atoms with Crippen LogP contribution in [0.3, 0.4) is 0 Å². The summed E-state index contributed by atoms with van der Waals surface area (Å²) in [6.45, 7) is 9.86. The molecule has 0 aliphatic carbocycles. The molecule has 0 bridgehead atoms. The van der Waals surface area contributed by atoms with E-state index in [2.05, 4.69) is 32.1 Å². The third-order valence-electron chi connectivity index (χ3n) is 7.59. The average Bonchev–Trinajstić information content (AvgIpc) is 3.47. The predicted molar refractivity (Wildman–Crippen MR) is 172 cm³/mol. The first kappa shape index (κ1) is 33.0.